The normalized spacial score (nSPS) is 19.3. The molecule has 1 unspecified atom stereocenters. The first-order valence-corrected chi connectivity index (χ1v) is 5.66. The summed E-state index contributed by atoms with van der Waals surface area (Å²) in [6, 6.07) is 0.206. The molecule has 0 aromatic carbocycles. The molecule has 8 heteroatoms. The van der Waals surface area contributed by atoms with Crippen LogP contribution in [0.2, 0.25) is 0 Å². The maximum Gasteiger partial charge on any atom is 0.423 e. The molecule has 0 saturated heterocycles. The second-order valence-corrected chi connectivity index (χ2v) is 4.31. The van der Waals surface area contributed by atoms with E-state index in [1.165, 1.54) is 6.92 Å². The van der Waals surface area contributed by atoms with Crippen LogP contribution in [0.15, 0.2) is 0 Å². The largest absolute Gasteiger partial charge is 0.423 e. The van der Waals surface area contributed by atoms with Crippen molar-refractivity contribution >= 4 is 0 Å². The van der Waals surface area contributed by atoms with Crippen LogP contribution in [0, 0.1) is 0 Å². The zero-order valence-electron chi connectivity index (χ0n) is 9.74. The zero-order valence-corrected chi connectivity index (χ0v) is 9.74. The highest BCUT2D eigenvalue weighted by Crippen LogP contribution is 2.36. The van der Waals surface area contributed by atoms with E-state index in [1.54, 1.807) is 0 Å². The van der Waals surface area contributed by atoms with Gasteiger partial charge in [-0.3, -0.25) is 0 Å². The molecule has 0 heterocycles. The third-order valence-corrected chi connectivity index (χ3v) is 2.59. The summed E-state index contributed by atoms with van der Waals surface area (Å²) >= 11 is 0. The monoisotopic (exact) mass is 279 g/mol. The van der Waals surface area contributed by atoms with E-state index in [2.05, 4.69) is 10.1 Å². The van der Waals surface area contributed by atoms with Gasteiger partial charge in [0, 0.05) is 12.6 Å². The minimum Gasteiger partial charge on any atom is -0.356 e. The minimum atomic E-state index is -5.44. The summed E-state index contributed by atoms with van der Waals surface area (Å²) in [7, 11) is 0. The molecule has 1 saturated carbocycles. The Morgan fingerprint density at radius 3 is 1.94 bits per heavy atom. The molecular weight excluding hydrogens is 264 g/mol. The molecule has 0 aromatic rings. The SMILES string of the molecule is CCC(CNC1CC1)OC(C(F)(F)F)C(F)(F)F. The zero-order chi connectivity index (χ0) is 14.0. The van der Waals surface area contributed by atoms with E-state index < -0.39 is 24.6 Å². The molecule has 0 bridgehead atoms. The number of halogens is 6. The van der Waals surface area contributed by atoms with Crippen LogP contribution >= 0.6 is 0 Å². The number of nitrogens with one attached hydrogen (secondary N) is 1. The van der Waals surface area contributed by atoms with E-state index in [4.69, 9.17) is 0 Å². The highest BCUT2D eigenvalue weighted by Gasteiger charge is 2.58. The molecule has 0 radical (unpaired) electrons. The summed E-state index contributed by atoms with van der Waals surface area (Å²) in [4.78, 5) is 0. The van der Waals surface area contributed by atoms with E-state index in [9.17, 15) is 26.3 Å². The van der Waals surface area contributed by atoms with Gasteiger partial charge in [-0.2, -0.15) is 26.3 Å². The highest BCUT2D eigenvalue weighted by molar-refractivity contribution is 4.83. The predicted octanol–water partition coefficient (Wildman–Crippen LogP) is 3.03. The van der Waals surface area contributed by atoms with Gasteiger partial charge in [0.05, 0.1) is 6.10 Å². The maximum atomic E-state index is 12.3. The van der Waals surface area contributed by atoms with E-state index in [0.29, 0.717) is 0 Å². The van der Waals surface area contributed by atoms with Gasteiger partial charge in [-0.25, -0.2) is 0 Å². The van der Waals surface area contributed by atoms with Crippen molar-refractivity contribution in [1.82, 2.24) is 5.32 Å². The van der Waals surface area contributed by atoms with E-state index in [1.807, 2.05) is 0 Å². The Hall–Kier alpha value is -0.500. The van der Waals surface area contributed by atoms with Gasteiger partial charge >= 0.3 is 12.4 Å². The number of rotatable bonds is 6. The van der Waals surface area contributed by atoms with Gasteiger partial charge in [0.1, 0.15) is 0 Å². The van der Waals surface area contributed by atoms with Crippen LogP contribution in [0.4, 0.5) is 26.3 Å². The first-order chi connectivity index (χ1) is 8.14. The van der Waals surface area contributed by atoms with Gasteiger partial charge < -0.3 is 10.1 Å². The molecule has 1 atom stereocenters. The summed E-state index contributed by atoms with van der Waals surface area (Å²) < 4.78 is 77.7. The van der Waals surface area contributed by atoms with Crippen molar-refractivity contribution in [2.45, 2.75) is 56.8 Å². The van der Waals surface area contributed by atoms with Crippen LogP contribution in [0.25, 0.3) is 0 Å². The lowest BCUT2D eigenvalue weighted by Crippen LogP contribution is -2.48. The molecule has 0 spiro atoms. The van der Waals surface area contributed by atoms with Crippen LogP contribution in [0.1, 0.15) is 26.2 Å². The molecule has 108 valence electrons. The van der Waals surface area contributed by atoms with Crippen LogP contribution in [0.3, 0.4) is 0 Å². The summed E-state index contributed by atoms with van der Waals surface area (Å²) in [5, 5.41) is 2.86. The lowest BCUT2D eigenvalue weighted by molar-refractivity contribution is -0.330. The van der Waals surface area contributed by atoms with Crippen molar-refractivity contribution in [1.29, 1.82) is 0 Å². The van der Waals surface area contributed by atoms with E-state index in [0.717, 1.165) is 12.8 Å². The molecule has 0 aromatic heterocycles. The van der Waals surface area contributed by atoms with Gasteiger partial charge in [0.2, 0.25) is 6.10 Å². The number of ether oxygens (including phenoxy) is 1. The van der Waals surface area contributed by atoms with Crippen LogP contribution in [-0.4, -0.2) is 37.1 Å². The molecule has 1 N–H and O–H groups in total. The first kappa shape index (κ1) is 15.6. The molecule has 1 fully saturated rings. The Morgan fingerprint density at radius 1 is 1.11 bits per heavy atom. The number of hydrogen-bond donors (Lipinski definition) is 1. The van der Waals surface area contributed by atoms with Gasteiger partial charge in [0.25, 0.3) is 0 Å². The van der Waals surface area contributed by atoms with Crippen molar-refractivity contribution in [3.05, 3.63) is 0 Å². The Morgan fingerprint density at radius 2 is 1.61 bits per heavy atom. The summed E-state index contributed by atoms with van der Waals surface area (Å²) in [6.45, 7) is 1.49. The average molecular weight is 279 g/mol. The van der Waals surface area contributed by atoms with Gasteiger partial charge in [-0.05, 0) is 19.3 Å². The topological polar surface area (TPSA) is 21.3 Å². The molecule has 1 rings (SSSR count). The minimum absolute atomic E-state index is 0.00380. The predicted molar refractivity (Wildman–Crippen MR) is 52.1 cm³/mol. The molecule has 0 aliphatic heterocycles. The Labute approximate surface area is 101 Å². The van der Waals surface area contributed by atoms with E-state index in [-0.39, 0.29) is 19.0 Å². The second kappa shape index (κ2) is 5.64. The molecular formula is C10H15F6NO. The smallest absolute Gasteiger partial charge is 0.356 e. The highest BCUT2D eigenvalue weighted by atomic mass is 19.4. The Bertz CT molecular complexity index is 246. The molecule has 0 amide bonds. The van der Waals surface area contributed by atoms with Crippen LogP contribution in [-0.2, 0) is 4.74 Å². The number of hydrogen-bond acceptors (Lipinski definition) is 2. The van der Waals surface area contributed by atoms with Crippen LogP contribution in [0.5, 0.6) is 0 Å². The summed E-state index contributed by atoms with van der Waals surface area (Å²) in [6.07, 6.45) is -13.8. The summed E-state index contributed by atoms with van der Waals surface area (Å²) in [5.41, 5.74) is 0. The fourth-order valence-corrected chi connectivity index (χ4v) is 1.41. The molecule has 1 aliphatic rings. The fraction of sp³-hybridized carbons (Fsp3) is 1.00. The third kappa shape index (κ3) is 5.01. The molecule has 2 nitrogen and oxygen atoms in total. The van der Waals surface area contributed by atoms with Crippen molar-refractivity contribution in [3.8, 4) is 0 Å². The van der Waals surface area contributed by atoms with Crippen molar-refractivity contribution in [2.24, 2.45) is 0 Å². The quantitative estimate of drug-likeness (QED) is 0.755. The van der Waals surface area contributed by atoms with Gasteiger partial charge in [0.15, 0.2) is 0 Å². The fourth-order valence-electron chi connectivity index (χ4n) is 1.41. The standard InChI is InChI=1S/C10H15F6NO/c1-2-7(5-17-6-3-4-6)18-8(9(11,12)13)10(14,15)16/h6-8,17H,2-5H2,1H3. The van der Waals surface area contributed by atoms with Gasteiger partial charge in [-0.15, -0.1) is 0 Å². The first-order valence-electron chi connectivity index (χ1n) is 5.66. The Kier molecular flexibility index (Phi) is 4.88. The molecule has 18 heavy (non-hydrogen) atoms. The second-order valence-electron chi connectivity index (χ2n) is 4.31. The third-order valence-electron chi connectivity index (χ3n) is 2.59. The molecule has 1 aliphatic carbocycles. The average Bonchev–Trinajstić information content (AvgIpc) is 2.97. The van der Waals surface area contributed by atoms with Gasteiger partial charge in [-0.1, -0.05) is 6.92 Å². The number of alkyl halides is 6. The van der Waals surface area contributed by atoms with Crippen molar-refractivity contribution in [2.75, 3.05) is 6.54 Å². The Balaban J connectivity index is 2.56. The van der Waals surface area contributed by atoms with Crippen LogP contribution < -0.4 is 5.32 Å². The van der Waals surface area contributed by atoms with Crippen molar-refractivity contribution in [3.63, 3.8) is 0 Å². The summed E-state index contributed by atoms with van der Waals surface area (Å²) in [5.74, 6) is 0. The lowest BCUT2D eigenvalue weighted by Gasteiger charge is -2.27. The van der Waals surface area contributed by atoms with Crippen molar-refractivity contribution < 1.29 is 31.1 Å². The van der Waals surface area contributed by atoms with E-state index >= 15 is 0 Å². The lowest BCUT2D eigenvalue weighted by atomic mass is 10.2. The maximum absolute atomic E-state index is 12.3.